The number of hydrogen-bond acceptors (Lipinski definition) is 1. The molecule has 1 fully saturated rings. The van der Waals surface area contributed by atoms with E-state index >= 15 is 0 Å². The molecule has 1 aromatic carbocycles. The van der Waals surface area contributed by atoms with Crippen molar-refractivity contribution < 1.29 is 4.39 Å². The first-order chi connectivity index (χ1) is 8.70. The molecule has 0 amide bonds. The molecule has 1 heterocycles. The zero-order valence-electron chi connectivity index (χ0n) is 10.3. The SMILES string of the molecule is Fc1cc(Cl)ccc1CN1CCCC1CCCCl. The third-order valence-electron chi connectivity index (χ3n) is 3.56. The number of alkyl halides is 1. The van der Waals surface area contributed by atoms with Gasteiger partial charge in [0, 0.05) is 29.1 Å². The van der Waals surface area contributed by atoms with Crippen LogP contribution in [-0.2, 0) is 6.54 Å². The Hall–Kier alpha value is -0.310. The van der Waals surface area contributed by atoms with Crippen molar-refractivity contribution in [1.82, 2.24) is 4.90 Å². The molecule has 1 unspecified atom stereocenters. The Balaban J connectivity index is 1.99. The zero-order valence-corrected chi connectivity index (χ0v) is 11.9. The van der Waals surface area contributed by atoms with Gasteiger partial charge in [0.1, 0.15) is 5.82 Å². The van der Waals surface area contributed by atoms with E-state index in [9.17, 15) is 4.39 Å². The summed E-state index contributed by atoms with van der Waals surface area (Å²) in [6.07, 6.45) is 4.54. The van der Waals surface area contributed by atoms with Crippen molar-refractivity contribution in [1.29, 1.82) is 0 Å². The zero-order chi connectivity index (χ0) is 13.0. The Morgan fingerprint density at radius 1 is 1.39 bits per heavy atom. The highest BCUT2D eigenvalue weighted by Gasteiger charge is 2.24. The second-order valence-corrected chi connectivity index (χ2v) is 5.65. The van der Waals surface area contributed by atoms with Gasteiger partial charge in [0.05, 0.1) is 0 Å². The van der Waals surface area contributed by atoms with Gasteiger partial charge < -0.3 is 0 Å². The van der Waals surface area contributed by atoms with Crippen LogP contribution < -0.4 is 0 Å². The summed E-state index contributed by atoms with van der Waals surface area (Å²) in [5.41, 5.74) is 0.733. The maximum absolute atomic E-state index is 13.8. The van der Waals surface area contributed by atoms with Crippen molar-refractivity contribution >= 4 is 23.2 Å². The normalized spacial score (nSPS) is 20.5. The third-order valence-corrected chi connectivity index (χ3v) is 4.06. The van der Waals surface area contributed by atoms with Gasteiger partial charge >= 0.3 is 0 Å². The molecule has 2 rings (SSSR count). The summed E-state index contributed by atoms with van der Waals surface area (Å²) in [6, 6.07) is 5.48. The molecule has 1 nitrogen and oxygen atoms in total. The Kier molecular flexibility index (Phi) is 5.28. The van der Waals surface area contributed by atoms with E-state index in [1.54, 1.807) is 12.1 Å². The fourth-order valence-corrected chi connectivity index (χ4v) is 2.92. The number of halogens is 3. The molecule has 0 aromatic heterocycles. The lowest BCUT2D eigenvalue weighted by atomic mass is 10.1. The molecule has 100 valence electrons. The minimum Gasteiger partial charge on any atom is -0.296 e. The van der Waals surface area contributed by atoms with Crippen molar-refractivity contribution in [2.45, 2.75) is 38.3 Å². The van der Waals surface area contributed by atoms with Crippen LogP contribution in [-0.4, -0.2) is 23.4 Å². The molecule has 0 N–H and O–H groups in total. The maximum Gasteiger partial charge on any atom is 0.129 e. The van der Waals surface area contributed by atoms with Crippen LogP contribution in [0.25, 0.3) is 0 Å². The van der Waals surface area contributed by atoms with Gasteiger partial charge in [-0.2, -0.15) is 0 Å². The van der Waals surface area contributed by atoms with E-state index in [-0.39, 0.29) is 5.82 Å². The molecule has 1 saturated heterocycles. The first kappa shape index (κ1) is 14.1. The summed E-state index contributed by atoms with van der Waals surface area (Å²) >= 11 is 11.5. The molecule has 0 aliphatic carbocycles. The highest BCUT2D eigenvalue weighted by Crippen LogP contribution is 2.25. The molecular formula is C14H18Cl2FN. The Bertz CT molecular complexity index is 397. The Morgan fingerprint density at radius 3 is 2.94 bits per heavy atom. The van der Waals surface area contributed by atoms with E-state index < -0.39 is 0 Å². The smallest absolute Gasteiger partial charge is 0.129 e. The second kappa shape index (κ2) is 6.74. The standard InChI is InChI=1S/C14H18Cl2FN/c15-7-1-3-13-4-2-8-18(13)10-11-5-6-12(16)9-14(11)17/h5-6,9,13H,1-4,7-8,10H2. The first-order valence-corrected chi connectivity index (χ1v) is 7.36. The molecule has 1 aliphatic heterocycles. The van der Waals surface area contributed by atoms with Crippen LogP contribution >= 0.6 is 23.2 Å². The number of hydrogen-bond donors (Lipinski definition) is 0. The molecular weight excluding hydrogens is 272 g/mol. The van der Waals surface area contributed by atoms with Crippen LogP contribution in [0.5, 0.6) is 0 Å². The fraction of sp³-hybridized carbons (Fsp3) is 0.571. The molecule has 1 atom stereocenters. The van der Waals surface area contributed by atoms with E-state index in [4.69, 9.17) is 23.2 Å². The number of nitrogens with zero attached hydrogens (tertiary/aromatic N) is 1. The lowest BCUT2D eigenvalue weighted by molar-refractivity contribution is 0.231. The summed E-state index contributed by atoms with van der Waals surface area (Å²) in [5.74, 6) is 0.505. The van der Waals surface area contributed by atoms with Crippen molar-refractivity contribution in [3.63, 3.8) is 0 Å². The summed E-state index contributed by atoms with van der Waals surface area (Å²) in [4.78, 5) is 2.36. The highest BCUT2D eigenvalue weighted by atomic mass is 35.5. The van der Waals surface area contributed by atoms with Gasteiger partial charge in [-0.15, -0.1) is 11.6 Å². The fourth-order valence-electron chi connectivity index (χ4n) is 2.61. The predicted octanol–water partition coefficient (Wildman–Crippen LogP) is 4.46. The first-order valence-electron chi connectivity index (χ1n) is 6.44. The summed E-state index contributed by atoms with van der Waals surface area (Å²) < 4.78 is 13.8. The maximum atomic E-state index is 13.8. The monoisotopic (exact) mass is 289 g/mol. The minimum atomic E-state index is -0.203. The van der Waals surface area contributed by atoms with Gasteiger partial charge in [0.15, 0.2) is 0 Å². The van der Waals surface area contributed by atoms with E-state index in [0.717, 1.165) is 24.9 Å². The van der Waals surface area contributed by atoms with Crippen LogP contribution in [0, 0.1) is 5.82 Å². The topological polar surface area (TPSA) is 3.24 Å². The van der Waals surface area contributed by atoms with Crippen molar-refractivity contribution in [2.24, 2.45) is 0 Å². The van der Waals surface area contributed by atoms with Crippen molar-refractivity contribution in [2.75, 3.05) is 12.4 Å². The van der Waals surface area contributed by atoms with Crippen LogP contribution in [0.15, 0.2) is 18.2 Å². The van der Waals surface area contributed by atoms with Gasteiger partial charge in [-0.3, -0.25) is 4.90 Å². The predicted molar refractivity (Wildman–Crippen MR) is 74.8 cm³/mol. The lowest BCUT2D eigenvalue weighted by Crippen LogP contribution is -2.29. The molecule has 0 spiro atoms. The number of rotatable bonds is 5. The van der Waals surface area contributed by atoms with Gasteiger partial charge in [-0.25, -0.2) is 4.39 Å². The second-order valence-electron chi connectivity index (χ2n) is 4.83. The van der Waals surface area contributed by atoms with Gasteiger partial charge in [-0.05, 0) is 44.4 Å². The van der Waals surface area contributed by atoms with E-state index in [1.165, 1.54) is 18.9 Å². The van der Waals surface area contributed by atoms with Crippen LogP contribution in [0.4, 0.5) is 4.39 Å². The van der Waals surface area contributed by atoms with E-state index in [1.807, 2.05) is 0 Å². The largest absolute Gasteiger partial charge is 0.296 e. The van der Waals surface area contributed by atoms with Crippen LogP contribution in [0.1, 0.15) is 31.2 Å². The Morgan fingerprint density at radius 2 is 2.22 bits per heavy atom. The van der Waals surface area contributed by atoms with Gasteiger partial charge in [0.2, 0.25) is 0 Å². The molecule has 0 radical (unpaired) electrons. The molecule has 4 heteroatoms. The molecule has 0 saturated carbocycles. The summed E-state index contributed by atoms with van der Waals surface area (Å²) in [7, 11) is 0. The van der Waals surface area contributed by atoms with Crippen molar-refractivity contribution in [3.05, 3.63) is 34.6 Å². The lowest BCUT2D eigenvalue weighted by Gasteiger charge is -2.24. The van der Waals surface area contributed by atoms with Crippen LogP contribution in [0.2, 0.25) is 5.02 Å². The number of benzene rings is 1. The van der Waals surface area contributed by atoms with Gasteiger partial charge in [0.25, 0.3) is 0 Å². The third kappa shape index (κ3) is 3.59. The average molecular weight is 290 g/mol. The summed E-state index contributed by atoms with van der Waals surface area (Å²) in [6.45, 7) is 1.73. The van der Waals surface area contributed by atoms with E-state index in [2.05, 4.69) is 4.90 Å². The molecule has 1 aliphatic rings. The Labute approximate surface area is 118 Å². The van der Waals surface area contributed by atoms with E-state index in [0.29, 0.717) is 23.5 Å². The van der Waals surface area contributed by atoms with Crippen LogP contribution in [0.3, 0.4) is 0 Å². The summed E-state index contributed by atoms with van der Waals surface area (Å²) in [5, 5.41) is 0.455. The minimum absolute atomic E-state index is 0.203. The molecule has 1 aromatic rings. The van der Waals surface area contributed by atoms with Crippen molar-refractivity contribution in [3.8, 4) is 0 Å². The molecule has 0 bridgehead atoms. The quantitative estimate of drug-likeness (QED) is 0.724. The van der Waals surface area contributed by atoms with Gasteiger partial charge in [-0.1, -0.05) is 17.7 Å². The highest BCUT2D eigenvalue weighted by molar-refractivity contribution is 6.30. The average Bonchev–Trinajstić information content (AvgIpc) is 2.77. The molecule has 18 heavy (non-hydrogen) atoms. The number of likely N-dealkylation sites (tertiary alicyclic amines) is 1.